The number of hydrogen-bond donors (Lipinski definition) is 1. The molecule has 1 atom stereocenters. The molecule has 2 rings (SSSR count). The maximum atomic E-state index is 10.3. The minimum Gasteiger partial charge on any atom is -0.388 e. The van der Waals surface area contributed by atoms with Crippen molar-refractivity contribution in [1.29, 1.82) is 0 Å². The minimum atomic E-state index is -0.464. The lowest BCUT2D eigenvalue weighted by Crippen LogP contribution is -2.36. The summed E-state index contributed by atoms with van der Waals surface area (Å²) in [4.78, 5) is 2.41. The van der Waals surface area contributed by atoms with Crippen LogP contribution in [0.4, 0.5) is 0 Å². The molecular weight excluding hydrogens is 270 g/mol. The van der Waals surface area contributed by atoms with Crippen molar-refractivity contribution >= 4 is 11.6 Å². The number of benzene rings is 1. The largest absolute Gasteiger partial charge is 0.388 e. The molecule has 1 saturated carbocycles. The van der Waals surface area contributed by atoms with E-state index in [2.05, 4.69) is 18.9 Å². The van der Waals surface area contributed by atoms with Crippen molar-refractivity contribution in [3.05, 3.63) is 34.9 Å². The average Bonchev–Trinajstić information content (AvgIpc) is 2.45. The molecule has 0 spiro atoms. The van der Waals surface area contributed by atoms with Crippen molar-refractivity contribution in [2.45, 2.75) is 51.2 Å². The Hall–Kier alpha value is -0.570. The predicted octanol–water partition coefficient (Wildman–Crippen LogP) is 4.27. The summed E-state index contributed by atoms with van der Waals surface area (Å²) in [5, 5.41) is 10.9. The highest BCUT2D eigenvalue weighted by atomic mass is 35.5. The van der Waals surface area contributed by atoms with Crippen LogP contribution < -0.4 is 0 Å². The minimum absolute atomic E-state index is 0.464. The number of nitrogens with zero attached hydrogens (tertiary/aromatic N) is 1. The van der Waals surface area contributed by atoms with Gasteiger partial charge in [0, 0.05) is 17.6 Å². The van der Waals surface area contributed by atoms with Crippen LogP contribution in [0.3, 0.4) is 0 Å². The molecule has 112 valence electrons. The zero-order valence-corrected chi connectivity index (χ0v) is 13.3. The summed E-state index contributed by atoms with van der Waals surface area (Å²) >= 11 is 6.13. The van der Waals surface area contributed by atoms with Gasteiger partial charge in [-0.2, -0.15) is 0 Å². The number of halogens is 1. The van der Waals surface area contributed by atoms with Crippen LogP contribution in [0.25, 0.3) is 0 Å². The van der Waals surface area contributed by atoms with Gasteiger partial charge in [-0.1, -0.05) is 36.7 Å². The van der Waals surface area contributed by atoms with E-state index >= 15 is 0 Å². The van der Waals surface area contributed by atoms with E-state index in [4.69, 9.17) is 11.6 Å². The highest BCUT2D eigenvalue weighted by Crippen LogP contribution is 2.28. The molecule has 1 unspecified atom stereocenters. The van der Waals surface area contributed by atoms with Crippen molar-refractivity contribution in [3.63, 3.8) is 0 Å². The summed E-state index contributed by atoms with van der Waals surface area (Å²) in [6.07, 6.45) is 5.53. The number of rotatable bonds is 5. The Bertz CT molecular complexity index is 415. The van der Waals surface area contributed by atoms with Crippen molar-refractivity contribution in [2.75, 3.05) is 13.6 Å². The normalized spacial score (nSPS) is 24.9. The van der Waals surface area contributed by atoms with Gasteiger partial charge in [0.05, 0.1) is 6.10 Å². The average molecular weight is 296 g/mol. The van der Waals surface area contributed by atoms with E-state index in [-0.39, 0.29) is 0 Å². The molecule has 0 bridgehead atoms. The van der Waals surface area contributed by atoms with Crippen LogP contribution in [0.2, 0.25) is 5.02 Å². The Labute approximate surface area is 127 Å². The van der Waals surface area contributed by atoms with Crippen LogP contribution in [0, 0.1) is 5.92 Å². The van der Waals surface area contributed by atoms with Crippen LogP contribution in [0.15, 0.2) is 24.3 Å². The van der Waals surface area contributed by atoms with E-state index in [0.29, 0.717) is 11.1 Å². The Balaban J connectivity index is 1.81. The number of hydrogen-bond acceptors (Lipinski definition) is 2. The third-order valence-corrected chi connectivity index (χ3v) is 4.97. The van der Waals surface area contributed by atoms with E-state index in [9.17, 15) is 5.11 Å². The van der Waals surface area contributed by atoms with Crippen LogP contribution >= 0.6 is 11.6 Å². The van der Waals surface area contributed by atoms with Crippen molar-refractivity contribution < 1.29 is 5.11 Å². The Morgan fingerprint density at radius 3 is 2.55 bits per heavy atom. The fraction of sp³-hybridized carbons (Fsp3) is 0.647. The molecule has 1 N–H and O–H groups in total. The first-order chi connectivity index (χ1) is 9.58. The topological polar surface area (TPSA) is 23.5 Å². The Morgan fingerprint density at radius 2 is 1.90 bits per heavy atom. The summed E-state index contributed by atoms with van der Waals surface area (Å²) in [6.45, 7) is 3.27. The van der Waals surface area contributed by atoms with E-state index in [1.165, 1.54) is 25.7 Å². The van der Waals surface area contributed by atoms with E-state index in [1.54, 1.807) is 0 Å². The van der Waals surface area contributed by atoms with E-state index < -0.39 is 6.10 Å². The maximum Gasteiger partial charge on any atom is 0.0816 e. The van der Waals surface area contributed by atoms with Gasteiger partial charge in [0.1, 0.15) is 0 Å². The standard InChI is InChI=1S/C17H26ClNO/c1-13-7-9-14(10-8-13)19(2)12-11-17(20)15-5-3-4-6-16(15)18/h3-6,13-14,17,20H,7-12H2,1-2H3. The summed E-state index contributed by atoms with van der Waals surface area (Å²) in [6, 6.07) is 8.26. The fourth-order valence-electron chi connectivity index (χ4n) is 3.09. The molecule has 0 amide bonds. The van der Waals surface area contributed by atoms with Crippen LogP contribution in [-0.2, 0) is 0 Å². The van der Waals surface area contributed by atoms with Gasteiger partial charge in [0.2, 0.25) is 0 Å². The quantitative estimate of drug-likeness (QED) is 0.877. The first-order valence-electron chi connectivity index (χ1n) is 7.70. The molecule has 0 radical (unpaired) electrons. The van der Waals surface area contributed by atoms with E-state index in [1.807, 2.05) is 24.3 Å². The third kappa shape index (κ3) is 4.21. The smallest absolute Gasteiger partial charge is 0.0816 e. The van der Waals surface area contributed by atoms with Gasteiger partial charge in [-0.05, 0) is 56.7 Å². The van der Waals surface area contributed by atoms with Crippen LogP contribution in [0.5, 0.6) is 0 Å². The number of aliphatic hydroxyl groups is 1. The highest BCUT2D eigenvalue weighted by molar-refractivity contribution is 6.31. The molecule has 1 aromatic rings. The molecule has 0 saturated heterocycles. The molecule has 0 aliphatic heterocycles. The van der Waals surface area contributed by atoms with Crippen molar-refractivity contribution in [2.24, 2.45) is 5.92 Å². The lowest BCUT2D eigenvalue weighted by atomic mass is 9.86. The molecule has 0 aromatic heterocycles. The lowest BCUT2D eigenvalue weighted by molar-refractivity contribution is 0.119. The molecule has 3 heteroatoms. The molecule has 0 heterocycles. The van der Waals surface area contributed by atoms with Crippen LogP contribution in [0.1, 0.15) is 50.7 Å². The first-order valence-corrected chi connectivity index (χ1v) is 8.08. The second-order valence-electron chi connectivity index (χ2n) is 6.22. The zero-order valence-electron chi connectivity index (χ0n) is 12.6. The van der Waals surface area contributed by atoms with Gasteiger partial charge in [0.15, 0.2) is 0 Å². The second-order valence-corrected chi connectivity index (χ2v) is 6.63. The van der Waals surface area contributed by atoms with Gasteiger partial charge in [-0.15, -0.1) is 0 Å². The molecular formula is C17H26ClNO. The number of aliphatic hydroxyl groups excluding tert-OH is 1. The van der Waals surface area contributed by atoms with E-state index in [0.717, 1.165) is 24.4 Å². The first kappa shape index (κ1) is 15.8. The monoisotopic (exact) mass is 295 g/mol. The Morgan fingerprint density at radius 1 is 1.25 bits per heavy atom. The maximum absolute atomic E-state index is 10.3. The summed E-state index contributed by atoms with van der Waals surface area (Å²) in [5.41, 5.74) is 0.847. The summed E-state index contributed by atoms with van der Waals surface area (Å²) in [5.74, 6) is 0.883. The van der Waals surface area contributed by atoms with Gasteiger partial charge < -0.3 is 10.0 Å². The van der Waals surface area contributed by atoms with Crippen molar-refractivity contribution in [3.8, 4) is 0 Å². The molecule has 1 fully saturated rings. The predicted molar refractivity (Wildman–Crippen MR) is 85.1 cm³/mol. The van der Waals surface area contributed by atoms with Gasteiger partial charge in [0.25, 0.3) is 0 Å². The lowest BCUT2D eigenvalue weighted by Gasteiger charge is -2.34. The van der Waals surface area contributed by atoms with Crippen LogP contribution in [-0.4, -0.2) is 29.6 Å². The van der Waals surface area contributed by atoms with Crippen molar-refractivity contribution in [1.82, 2.24) is 4.90 Å². The fourth-order valence-corrected chi connectivity index (χ4v) is 3.35. The Kier molecular flexibility index (Phi) is 5.88. The van der Waals surface area contributed by atoms with Gasteiger partial charge in [-0.25, -0.2) is 0 Å². The highest BCUT2D eigenvalue weighted by Gasteiger charge is 2.22. The molecule has 2 nitrogen and oxygen atoms in total. The summed E-state index contributed by atoms with van der Waals surface area (Å²) in [7, 11) is 2.18. The molecule has 1 aromatic carbocycles. The summed E-state index contributed by atoms with van der Waals surface area (Å²) < 4.78 is 0. The second kappa shape index (κ2) is 7.44. The molecule has 1 aliphatic carbocycles. The molecule has 20 heavy (non-hydrogen) atoms. The van der Waals surface area contributed by atoms with Gasteiger partial charge in [-0.3, -0.25) is 0 Å². The molecule has 1 aliphatic rings. The SMILES string of the molecule is CC1CCC(N(C)CCC(O)c2ccccc2Cl)CC1. The van der Waals surface area contributed by atoms with Gasteiger partial charge >= 0.3 is 0 Å². The third-order valence-electron chi connectivity index (χ3n) is 4.63. The zero-order chi connectivity index (χ0) is 14.5.